The van der Waals surface area contributed by atoms with E-state index in [9.17, 15) is 12.8 Å². The van der Waals surface area contributed by atoms with Crippen LogP contribution in [-0.2, 0) is 10.0 Å². The van der Waals surface area contributed by atoms with Gasteiger partial charge in [-0.2, -0.15) is 4.31 Å². The molecular formula is C16H15FN4O2S. The minimum Gasteiger partial charge on any atom is -0.285 e. The second-order valence-electron chi connectivity index (χ2n) is 5.72. The first kappa shape index (κ1) is 15.2. The molecule has 4 rings (SSSR count). The van der Waals surface area contributed by atoms with E-state index in [0.29, 0.717) is 24.4 Å². The summed E-state index contributed by atoms with van der Waals surface area (Å²) >= 11 is 0. The number of fused-ring (bicyclic) bond motifs is 1. The van der Waals surface area contributed by atoms with Crippen molar-refractivity contribution in [3.63, 3.8) is 0 Å². The van der Waals surface area contributed by atoms with Gasteiger partial charge in [0.1, 0.15) is 5.82 Å². The maximum Gasteiger partial charge on any atom is 0.243 e. The third-order valence-corrected chi connectivity index (χ3v) is 6.15. The molecule has 0 aliphatic carbocycles. The largest absolute Gasteiger partial charge is 0.285 e. The predicted octanol–water partition coefficient (Wildman–Crippen LogP) is 2.39. The van der Waals surface area contributed by atoms with E-state index >= 15 is 0 Å². The van der Waals surface area contributed by atoms with Crippen LogP contribution in [0.5, 0.6) is 0 Å². The third-order valence-electron chi connectivity index (χ3n) is 4.24. The molecule has 0 bridgehead atoms. The second-order valence-corrected chi connectivity index (χ2v) is 7.61. The standard InChI is InChI=1S/C16H15FN4O2S/c17-12-5-3-6-13(11-12)24(22,23)21-10-4-7-14(21)16-19-18-15-8-1-2-9-20(15)16/h1-3,5-6,8-9,11,14H,4,7,10H2/t14-/m1/s1. The lowest BCUT2D eigenvalue weighted by molar-refractivity contribution is 0.381. The zero-order valence-corrected chi connectivity index (χ0v) is 13.5. The zero-order valence-electron chi connectivity index (χ0n) is 12.7. The van der Waals surface area contributed by atoms with Crippen molar-refractivity contribution in [2.45, 2.75) is 23.8 Å². The number of aromatic nitrogens is 3. The fourth-order valence-corrected chi connectivity index (χ4v) is 4.82. The maximum absolute atomic E-state index is 13.5. The van der Waals surface area contributed by atoms with Gasteiger partial charge in [0, 0.05) is 12.7 Å². The van der Waals surface area contributed by atoms with Gasteiger partial charge in [-0.3, -0.25) is 4.40 Å². The molecule has 0 saturated carbocycles. The van der Waals surface area contributed by atoms with Crippen molar-refractivity contribution < 1.29 is 12.8 Å². The molecule has 0 amide bonds. The molecule has 0 radical (unpaired) electrons. The monoisotopic (exact) mass is 346 g/mol. The van der Waals surface area contributed by atoms with Crippen LogP contribution in [0.4, 0.5) is 4.39 Å². The summed E-state index contributed by atoms with van der Waals surface area (Å²) in [5, 5.41) is 8.28. The minimum atomic E-state index is -3.79. The number of pyridine rings is 1. The molecule has 3 aromatic rings. The number of sulfonamides is 1. The molecule has 2 aromatic heterocycles. The third kappa shape index (κ3) is 2.38. The van der Waals surface area contributed by atoms with Gasteiger partial charge < -0.3 is 0 Å². The second kappa shape index (κ2) is 5.64. The lowest BCUT2D eigenvalue weighted by Gasteiger charge is -2.23. The number of benzene rings is 1. The summed E-state index contributed by atoms with van der Waals surface area (Å²) in [7, 11) is -3.79. The molecule has 0 N–H and O–H groups in total. The Morgan fingerprint density at radius 2 is 2.00 bits per heavy atom. The fraction of sp³-hybridized carbons (Fsp3) is 0.250. The van der Waals surface area contributed by atoms with E-state index in [1.165, 1.54) is 22.5 Å². The van der Waals surface area contributed by atoms with Crippen LogP contribution in [0.3, 0.4) is 0 Å². The summed E-state index contributed by atoms with van der Waals surface area (Å²) in [5.41, 5.74) is 0.669. The molecule has 8 heteroatoms. The molecule has 6 nitrogen and oxygen atoms in total. The maximum atomic E-state index is 13.5. The summed E-state index contributed by atoms with van der Waals surface area (Å²) in [5.74, 6) is 0.0165. The first-order valence-electron chi connectivity index (χ1n) is 7.64. The predicted molar refractivity (Wildman–Crippen MR) is 85.3 cm³/mol. The molecule has 124 valence electrons. The molecule has 1 saturated heterocycles. The smallest absolute Gasteiger partial charge is 0.243 e. The van der Waals surface area contributed by atoms with Gasteiger partial charge in [0.2, 0.25) is 10.0 Å². The lowest BCUT2D eigenvalue weighted by atomic mass is 10.2. The van der Waals surface area contributed by atoms with Crippen LogP contribution < -0.4 is 0 Å². The van der Waals surface area contributed by atoms with Crippen LogP contribution >= 0.6 is 0 Å². The highest BCUT2D eigenvalue weighted by atomic mass is 32.2. The summed E-state index contributed by atoms with van der Waals surface area (Å²) in [6.07, 6.45) is 3.20. The number of nitrogens with zero attached hydrogens (tertiary/aromatic N) is 4. The first-order valence-corrected chi connectivity index (χ1v) is 9.08. The van der Waals surface area contributed by atoms with Crippen LogP contribution in [0.15, 0.2) is 53.6 Å². The molecule has 3 heterocycles. The van der Waals surface area contributed by atoms with E-state index in [4.69, 9.17) is 0 Å². The van der Waals surface area contributed by atoms with Crippen molar-refractivity contribution in [1.82, 2.24) is 18.9 Å². The van der Waals surface area contributed by atoms with Crippen molar-refractivity contribution in [2.24, 2.45) is 0 Å². The average Bonchev–Trinajstić information content (AvgIpc) is 3.21. The van der Waals surface area contributed by atoms with E-state index in [1.807, 2.05) is 24.4 Å². The van der Waals surface area contributed by atoms with E-state index in [0.717, 1.165) is 12.5 Å². The van der Waals surface area contributed by atoms with Gasteiger partial charge in [-0.25, -0.2) is 12.8 Å². The Bertz CT molecular complexity index is 1000. The van der Waals surface area contributed by atoms with Gasteiger partial charge in [-0.05, 0) is 43.2 Å². The highest BCUT2D eigenvalue weighted by molar-refractivity contribution is 7.89. The van der Waals surface area contributed by atoms with Crippen molar-refractivity contribution in [3.8, 4) is 0 Å². The Balaban J connectivity index is 1.78. The molecular weight excluding hydrogens is 331 g/mol. The van der Waals surface area contributed by atoms with Crippen LogP contribution in [0.2, 0.25) is 0 Å². The zero-order chi connectivity index (χ0) is 16.7. The molecule has 0 spiro atoms. The van der Waals surface area contributed by atoms with Crippen molar-refractivity contribution >= 4 is 15.7 Å². The number of halogens is 1. The van der Waals surface area contributed by atoms with E-state index in [2.05, 4.69) is 10.2 Å². The Morgan fingerprint density at radius 3 is 2.83 bits per heavy atom. The number of hydrogen-bond acceptors (Lipinski definition) is 4. The van der Waals surface area contributed by atoms with E-state index in [1.54, 1.807) is 4.40 Å². The Labute approximate surface area is 138 Å². The molecule has 24 heavy (non-hydrogen) atoms. The molecule has 1 aromatic carbocycles. The molecule has 1 fully saturated rings. The minimum absolute atomic E-state index is 0.0387. The van der Waals surface area contributed by atoms with Crippen molar-refractivity contribution in [1.29, 1.82) is 0 Å². The lowest BCUT2D eigenvalue weighted by Crippen LogP contribution is -2.31. The molecule has 1 aliphatic heterocycles. The number of hydrogen-bond donors (Lipinski definition) is 0. The fourth-order valence-electron chi connectivity index (χ4n) is 3.14. The Hall–Kier alpha value is -2.32. The van der Waals surface area contributed by atoms with Gasteiger partial charge in [-0.1, -0.05) is 12.1 Å². The Morgan fingerprint density at radius 1 is 1.12 bits per heavy atom. The molecule has 1 atom stereocenters. The van der Waals surface area contributed by atoms with Crippen LogP contribution in [-0.4, -0.2) is 33.9 Å². The Kier molecular flexibility index (Phi) is 3.58. The number of rotatable bonds is 3. The van der Waals surface area contributed by atoms with Gasteiger partial charge in [0.05, 0.1) is 10.9 Å². The van der Waals surface area contributed by atoms with Gasteiger partial charge in [0.15, 0.2) is 11.5 Å². The van der Waals surface area contributed by atoms with E-state index in [-0.39, 0.29) is 4.90 Å². The highest BCUT2D eigenvalue weighted by Crippen LogP contribution is 2.35. The summed E-state index contributed by atoms with van der Waals surface area (Å²) in [6, 6.07) is 10.2. The van der Waals surface area contributed by atoms with Crippen LogP contribution in [0.25, 0.3) is 5.65 Å². The van der Waals surface area contributed by atoms with Gasteiger partial charge in [0.25, 0.3) is 0 Å². The summed E-state index contributed by atoms with van der Waals surface area (Å²) in [6.45, 7) is 0.380. The van der Waals surface area contributed by atoms with Gasteiger partial charge >= 0.3 is 0 Å². The molecule has 0 unspecified atom stereocenters. The van der Waals surface area contributed by atoms with Crippen molar-refractivity contribution in [3.05, 3.63) is 60.3 Å². The van der Waals surface area contributed by atoms with Crippen LogP contribution in [0, 0.1) is 5.82 Å². The SMILES string of the molecule is O=S(=O)(c1cccc(F)c1)N1CCC[C@@H]1c1nnc2ccccn12. The first-order chi connectivity index (χ1) is 11.6. The van der Waals surface area contributed by atoms with Gasteiger partial charge in [-0.15, -0.1) is 10.2 Å². The van der Waals surface area contributed by atoms with Crippen molar-refractivity contribution in [2.75, 3.05) is 6.54 Å². The highest BCUT2D eigenvalue weighted by Gasteiger charge is 2.38. The quantitative estimate of drug-likeness (QED) is 0.730. The topological polar surface area (TPSA) is 67.6 Å². The van der Waals surface area contributed by atoms with E-state index < -0.39 is 21.9 Å². The summed E-state index contributed by atoms with van der Waals surface area (Å²) in [4.78, 5) is -0.0387. The summed E-state index contributed by atoms with van der Waals surface area (Å²) < 4.78 is 42.5. The average molecular weight is 346 g/mol. The normalized spacial score (nSPS) is 19.1. The van der Waals surface area contributed by atoms with Crippen LogP contribution in [0.1, 0.15) is 24.7 Å². The molecule has 1 aliphatic rings.